The van der Waals surface area contributed by atoms with E-state index < -0.39 is 39.9 Å². The minimum absolute atomic E-state index is 0.136. The van der Waals surface area contributed by atoms with E-state index in [4.69, 9.17) is 18.9 Å². The molecule has 9 nitrogen and oxygen atoms in total. The number of methoxy groups -OCH3 is 4. The number of carbonyl (C=O) groups excluding carboxylic acids is 4. The third-order valence-corrected chi connectivity index (χ3v) is 5.51. The molecule has 0 aromatic heterocycles. The zero-order valence-corrected chi connectivity index (χ0v) is 16.5. The van der Waals surface area contributed by atoms with Gasteiger partial charge in [-0.25, -0.2) is 19.2 Å². The normalized spacial score (nSPS) is 21.4. The van der Waals surface area contributed by atoms with Crippen LogP contribution in [-0.2, 0) is 38.1 Å². The van der Waals surface area contributed by atoms with Crippen molar-refractivity contribution in [3.8, 4) is 0 Å². The molecule has 1 atom stereocenters. The van der Waals surface area contributed by atoms with E-state index in [0.29, 0.717) is 5.70 Å². The van der Waals surface area contributed by atoms with Crippen LogP contribution in [0.1, 0.15) is 13.8 Å². The average Bonchev–Trinajstić information content (AvgIpc) is 2.98. The number of thioether (sulfide) groups is 1. The molecule has 146 valence electrons. The smallest absolute Gasteiger partial charge is 0.355 e. The lowest BCUT2D eigenvalue weighted by molar-refractivity contribution is -0.143. The molecule has 0 bridgehead atoms. The van der Waals surface area contributed by atoms with Crippen LogP contribution in [0.2, 0.25) is 0 Å². The molecule has 0 spiro atoms. The third-order valence-electron chi connectivity index (χ3n) is 4.21. The highest BCUT2D eigenvalue weighted by Gasteiger charge is 2.55. The lowest BCUT2D eigenvalue weighted by Gasteiger charge is -2.43. The molecular weight excluding hydrogens is 378 g/mol. The van der Waals surface area contributed by atoms with E-state index in [1.807, 2.05) is 0 Å². The number of esters is 4. The molecule has 2 aliphatic rings. The number of nitrogens with zero attached hydrogens (tertiary/aromatic N) is 1. The van der Waals surface area contributed by atoms with Gasteiger partial charge in [0, 0.05) is 5.70 Å². The van der Waals surface area contributed by atoms with Gasteiger partial charge in [0.15, 0.2) is 0 Å². The van der Waals surface area contributed by atoms with Gasteiger partial charge in [0.05, 0.1) is 39.6 Å². The van der Waals surface area contributed by atoms with Crippen LogP contribution in [0.4, 0.5) is 0 Å². The second-order valence-corrected chi connectivity index (χ2v) is 6.90. The Kier molecular flexibility index (Phi) is 5.69. The van der Waals surface area contributed by atoms with Gasteiger partial charge >= 0.3 is 23.9 Å². The van der Waals surface area contributed by atoms with Gasteiger partial charge in [-0.05, 0) is 19.3 Å². The molecule has 0 radical (unpaired) electrons. The van der Waals surface area contributed by atoms with Crippen molar-refractivity contribution in [3.63, 3.8) is 0 Å². The Bertz CT molecular complexity index is 825. The van der Waals surface area contributed by atoms with Crippen LogP contribution in [0.5, 0.6) is 0 Å². The highest BCUT2D eigenvalue weighted by atomic mass is 32.2. The topological polar surface area (TPSA) is 108 Å². The standard InChI is InChI=1S/C17H19NO8S/c1-8-7-27-17(2)11(15(21)25-5)9(13(19)23-3)10(14(20)24-4)12(18(8)17)16(22)26-6/h7H,1-6H3. The second kappa shape index (κ2) is 7.47. The molecule has 0 aliphatic carbocycles. The lowest BCUT2D eigenvalue weighted by atomic mass is 9.87. The van der Waals surface area contributed by atoms with Gasteiger partial charge in [0.25, 0.3) is 0 Å². The van der Waals surface area contributed by atoms with Crippen LogP contribution < -0.4 is 0 Å². The Morgan fingerprint density at radius 1 is 0.852 bits per heavy atom. The zero-order chi connectivity index (χ0) is 20.5. The van der Waals surface area contributed by atoms with Gasteiger partial charge in [-0.15, -0.1) is 0 Å². The minimum atomic E-state index is -1.23. The summed E-state index contributed by atoms with van der Waals surface area (Å²) in [6, 6.07) is 0. The molecule has 0 amide bonds. The van der Waals surface area contributed by atoms with Crippen molar-refractivity contribution < 1.29 is 38.1 Å². The molecule has 2 rings (SSSR count). The lowest BCUT2D eigenvalue weighted by Crippen LogP contribution is -2.50. The molecule has 0 N–H and O–H groups in total. The summed E-state index contributed by atoms with van der Waals surface area (Å²) in [7, 11) is 4.47. The zero-order valence-electron chi connectivity index (χ0n) is 15.7. The summed E-state index contributed by atoms with van der Waals surface area (Å²) in [5.74, 6) is -3.70. The Labute approximate surface area is 159 Å². The van der Waals surface area contributed by atoms with Crippen molar-refractivity contribution in [2.24, 2.45) is 0 Å². The molecule has 27 heavy (non-hydrogen) atoms. The van der Waals surface area contributed by atoms with Crippen molar-refractivity contribution in [1.82, 2.24) is 4.90 Å². The van der Waals surface area contributed by atoms with Gasteiger partial charge in [0.1, 0.15) is 16.1 Å². The van der Waals surface area contributed by atoms with E-state index in [-0.39, 0.29) is 11.3 Å². The second-order valence-electron chi connectivity index (χ2n) is 5.64. The molecule has 2 heterocycles. The molecule has 10 heteroatoms. The first-order valence-corrected chi connectivity index (χ1v) is 8.54. The summed E-state index contributed by atoms with van der Waals surface area (Å²) >= 11 is 1.18. The van der Waals surface area contributed by atoms with E-state index in [1.165, 1.54) is 16.7 Å². The fraction of sp³-hybridized carbons (Fsp3) is 0.412. The Balaban J connectivity index is 3.04. The predicted octanol–water partition coefficient (Wildman–Crippen LogP) is 0.869. The number of allylic oxidation sites excluding steroid dienone is 1. The quantitative estimate of drug-likeness (QED) is 0.501. The van der Waals surface area contributed by atoms with Crippen LogP contribution in [0, 0.1) is 0 Å². The maximum atomic E-state index is 12.6. The van der Waals surface area contributed by atoms with Gasteiger partial charge in [0.2, 0.25) is 0 Å². The van der Waals surface area contributed by atoms with Crippen molar-refractivity contribution >= 4 is 35.6 Å². The third kappa shape index (κ3) is 2.99. The summed E-state index contributed by atoms with van der Waals surface area (Å²) in [5, 5.41) is 1.70. The van der Waals surface area contributed by atoms with Crippen LogP contribution in [0.25, 0.3) is 0 Å². The van der Waals surface area contributed by atoms with Crippen LogP contribution in [-0.4, -0.2) is 62.1 Å². The number of fused-ring (bicyclic) bond motifs is 1. The van der Waals surface area contributed by atoms with E-state index in [1.54, 1.807) is 19.3 Å². The molecule has 1 unspecified atom stereocenters. The summed E-state index contributed by atoms with van der Waals surface area (Å²) in [6.07, 6.45) is 0. The highest BCUT2D eigenvalue weighted by Crippen LogP contribution is 2.53. The van der Waals surface area contributed by atoms with E-state index >= 15 is 0 Å². The monoisotopic (exact) mass is 397 g/mol. The van der Waals surface area contributed by atoms with Gasteiger partial charge in [-0.1, -0.05) is 11.8 Å². The maximum absolute atomic E-state index is 12.6. The molecule has 0 fully saturated rings. The van der Waals surface area contributed by atoms with Gasteiger partial charge in [-0.3, -0.25) is 0 Å². The van der Waals surface area contributed by atoms with Gasteiger partial charge < -0.3 is 23.8 Å². The van der Waals surface area contributed by atoms with E-state index in [9.17, 15) is 19.2 Å². The molecule has 0 saturated carbocycles. The summed E-state index contributed by atoms with van der Waals surface area (Å²) in [5.41, 5.74) is -0.619. The SMILES string of the molecule is COC(=O)C1=C(C(=O)OC)N2C(C)=CSC2(C)C(C(=O)OC)=C1C(=O)OC. The first kappa shape index (κ1) is 20.6. The average molecular weight is 397 g/mol. The fourth-order valence-corrected chi connectivity index (χ4v) is 4.23. The number of hydrogen-bond donors (Lipinski definition) is 0. The van der Waals surface area contributed by atoms with Gasteiger partial charge in [-0.2, -0.15) is 0 Å². The van der Waals surface area contributed by atoms with Crippen molar-refractivity contribution in [3.05, 3.63) is 33.5 Å². The molecule has 0 aromatic carbocycles. The van der Waals surface area contributed by atoms with Crippen LogP contribution in [0.3, 0.4) is 0 Å². The Hall–Kier alpha value is -2.75. The molecule has 2 aliphatic heterocycles. The summed E-state index contributed by atoms with van der Waals surface area (Å²) in [4.78, 5) is 50.5. The maximum Gasteiger partial charge on any atom is 0.355 e. The first-order valence-electron chi connectivity index (χ1n) is 7.67. The Morgan fingerprint density at radius 3 is 1.81 bits per heavy atom. The number of ether oxygens (including phenoxy) is 4. The first-order chi connectivity index (χ1) is 12.7. The minimum Gasteiger partial charge on any atom is -0.466 e. The fourth-order valence-electron chi connectivity index (χ4n) is 3.08. The summed E-state index contributed by atoms with van der Waals surface area (Å²) < 4.78 is 19.2. The van der Waals surface area contributed by atoms with Crippen molar-refractivity contribution in [2.45, 2.75) is 18.7 Å². The number of carbonyl (C=O) groups is 4. The van der Waals surface area contributed by atoms with Crippen molar-refractivity contribution in [2.75, 3.05) is 28.4 Å². The number of hydrogen-bond acceptors (Lipinski definition) is 10. The molecule has 0 saturated heterocycles. The Morgan fingerprint density at radius 2 is 1.33 bits per heavy atom. The predicted molar refractivity (Wildman–Crippen MR) is 93.7 cm³/mol. The molecule has 0 aromatic rings. The van der Waals surface area contributed by atoms with Crippen LogP contribution >= 0.6 is 11.8 Å². The number of rotatable bonds is 4. The summed E-state index contributed by atoms with van der Waals surface area (Å²) in [6.45, 7) is 3.31. The van der Waals surface area contributed by atoms with E-state index in [2.05, 4.69) is 0 Å². The molecular formula is C17H19NO8S. The van der Waals surface area contributed by atoms with Crippen LogP contribution in [0.15, 0.2) is 33.5 Å². The highest BCUT2D eigenvalue weighted by molar-refractivity contribution is 8.03. The van der Waals surface area contributed by atoms with E-state index in [0.717, 1.165) is 28.4 Å². The largest absolute Gasteiger partial charge is 0.466 e. The van der Waals surface area contributed by atoms with Crippen molar-refractivity contribution in [1.29, 1.82) is 0 Å².